The minimum absolute atomic E-state index is 0.00819. The average molecular weight is 198 g/mol. The molecule has 0 aromatic carbocycles. The third-order valence-corrected chi connectivity index (χ3v) is 2.25. The van der Waals surface area contributed by atoms with E-state index in [2.05, 4.69) is 23.8 Å². The third-order valence-electron chi connectivity index (χ3n) is 2.25. The topological polar surface area (TPSA) is 43.2 Å². The molecular weight excluding hydrogens is 180 g/mol. The number of hydrogen-bond acceptors (Lipinski definition) is 4. The Labute approximate surface area is 85.0 Å². The molecule has 1 unspecified atom stereocenters. The zero-order chi connectivity index (χ0) is 10.7. The monoisotopic (exact) mass is 198 g/mol. The van der Waals surface area contributed by atoms with E-state index in [1.165, 1.54) is 0 Å². The van der Waals surface area contributed by atoms with Gasteiger partial charge < -0.3 is 9.47 Å². The van der Waals surface area contributed by atoms with Crippen molar-refractivity contribution in [3.63, 3.8) is 0 Å². The Hall–Kier alpha value is -1.06. The molecule has 14 heavy (non-hydrogen) atoms. The van der Waals surface area contributed by atoms with Crippen LogP contribution in [0.2, 0.25) is 0 Å². The van der Waals surface area contributed by atoms with Gasteiger partial charge in [-0.15, -0.1) is 0 Å². The van der Waals surface area contributed by atoms with E-state index in [1.807, 2.05) is 6.92 Å². The van der Waals surface area contributed by atoms with Crippen LogP contribution in [0.15, 0.2) is 9.98 Å². The Kier molecular flexibility index (Phi) is 3.49. The third kappa shape index (κ3) is 2.05. The molecule has 1 rings (SSSR count). The van der Waals surface area contributed by atoms with Gasteiger partial charge in [-0.2, -0.15) is 0 Å². The van der Waals surface area contributed by atoms with Gasteiger partial charge in [0.1, 0.15) is 12.1 Å². The molecule has 1 heterocycles. The van der Waals surface area contributed by atoms with E-state index in [4.69, 9.17) is 9.47 Å². The average Bonchev–Trinajstić information content (AvgIpc) is 2.16. The summed E-state index contributed by atoms with van der Waals surface area (Å²) in [6.45, 7) is 6.12. The lowest BCUT2D eigenvalue weighted by Gasteiger charge is -2.25. The first-order valence-electron chi connectivity index (χ1n) is 4.83. The Morgan fingerprint density at radius 2 is 1.64 bits per heavy atom. The molecule has 0 N–H and O–H groups in total. The minimum Gasteiger partial charge on any atom is -0.483 e. The molecule has 0 aliphatic carbocycles. The molecule has 0 saturated carbocycles. The molecule has 0 aromatic heterocycles. The summed E-state index contributed by atoms with van der Waals surface area (Å²) in [7, 11) is 3.26. The highest BCUT2D eigenvalue weighted by Crippen LogP contribution is 2.16. The fraction of sp³-hybridized carbons (Fsp3) is 0.800. The van der Waals surface area contributed by atoms with Crippen molar-refractivity contribution < 1.29 is 9.47 Å². The summed E-state index contributed by atoms with van der Waals surface area (Å²) in [5.74, 6) is 1.75. The summed E-state index contributed by atoms with van der Waals surface area (Å²) < 4.78 is 10.4. The van der Waals surface area contributed by atoms with Crippen LogP contribution in [0.25, 0.3) is 0 Å². The normalized spacial score (nSPS) is 27.0. The smallest absolute Gasteiger partial charge is 0.209 e. The van der Waals surface area contributed by atoms with Gasteiger partial charge >= 0.3 is 0 Å². The van der Waals surface area contributed by atoms with Crippen LogP contribution in [0.1, 0.15) is 20.8 Å². The second-order valence-corrected chi connectivity index (χ2v) is 3.71. The standard InChI is InChI=1S/C10H18N2O2/c1-6(2)8-10(14-5)11-7(3)9(12-8)13-4/h6-8H,1-5H3/t7?,8-/m1/s1. The first-order chi connectivity index (χ1) is 6.60. The maximum absolute atomic E-state index is 5.22. The zero-order valence-electron chi connectivity index (χ0n) is 9.44. The number of hydrogen-bond donors (Lipinski definition) is 0. The molecule has 0 aromatic rings. The van der Waals surface area contributed by atoms with Crippen molar-refractivity contribution in [1.82, 2.24) is 0 Å². The van der Waals surface area contributed by atoms with Crippen molar-refractivity contribution in [3.05, 3.63) is 0 Å². The first kappa shape index (κ1) is 11.0. The van der Waals surface area contributed by atoms with Crippen LogP contribution in [-0.2, 0) is 9.47 Å². The molecule has 2 atom stereocenters. The van der Waals surface area contributed by atoms with E-state index in [1.54, 1.807) is 14.2 Å². The van der Waals surface area contributed by atoms with E-state index in [0.717, 1.165) is 0 Å². The van der Waals surface area contributed by atoms with Crippen molar-refractivity contribution in [2.45, 2.75) is 32.9 Å². The molecule has 4 nitrogen and oxygen atoms in total. The van der Waals surface area contributed by atoms with Crippen LogP contribution in [0, 0.1) is 5.92 Å². The second kappa shape index (κ2) is 4.44. The van der Waals surface area contributed by atoms with Gasteiger partial charge in [0.05, 0.1) is 14.2 Å². The summed E-state index contributed by atoms with van der Waals surface area (Å²) in [6, 6.07) is -0.0453. The fourth-order valence-corrected chi connectivity index (χ4v) is 1.45. The Bertz CT molecular complexity index is 259. The maximum atomic E-state index is 5.22. The zero-order valence-corrected chi connectivity index (χ0v) is 9.44. The van der Waals surface area contributed by atoms with Crippen molar-refractivity contribution in [2.24, 2.45) is 15.9 Å². The molecule has 0 radical (unpaired) electrons. The number of nitrogens with zero attached hydrogens (tertiary/aromatic N) is 2. The van der Waals surface area contributed by atoms with Crippen LogP contribution in [0.5, 0.6) is 0 Å². The Balaban J connectivity index is 2.91. The van der Waals surface area contributed by atoms with Gasteiger partial charge in [0.25, 0.3) is 0 Å². The van der Waals surface area contributed by atoms with Crippen LogP contribution >= 0.6 is 0 Å². The predicted octanol–water partition coefficient (Wildman–Crippen LogP) is 1.50. The van der Waals surface area contributed by atoms with Crippen molar-refractivity contribution in [2.75, 3.05) is 14.2 Å². The molecule has 1 aliphatic heterocycles. The molecule has 0 amide bonds. The lowest BCUT2D eigenvalue weighted by atomic mass is 10.0. The Morgan fingerprint density at radius 1 is 1.07 bits per heavy atom. The van der Waals surface area contributed by atoms with Crippen LogP contribution in [0.3, 0.4) is 0 Å². The number of ether oxygens (including phenoxy) is 2. The minimum atomic E-state index is -0.0371. The largest absolute Gasteiger partial charge is 0.483 e. The van der Waals surface area contributed by atoms with Gasteiger partial charge in [0.2, 0.25) is 11.8 Å². The molecule has 4 heteroatoms. The number of rotatable bonds is 1. The predicted molar refractivity (Wildman–Crippen MR) is 57.0 cm³/mol. The van der Waals surface area contributed by atoms with E-state index in [0.29, 0.717) is 17.7 Å². The molecule has 0 saturated heterocycles. The summed E-state index contributed by atoms with van der Waals surface area (Å²) in [5.41, 5.74) is 0. The molecule has 0 bridgehead atoms. The maximum Gasteiger partial charge on any atom is 0.209 e. The van der Waals surface area contributed by atoms with Crippen molar-refractivity contribution in [1.29, 1.82) is 0 Å². The van der Waals surface area contributed by atoms with E-state index in [9.17, 15) is 0 Å². The van der Waals surface area contributed by atoms with Crippen LogP contribution in [0.4, 0.5) is 0 Å². The molecule has 0 spiro atoms. The quantitative estimate of drug-likeness (QED) is 0.641. The summed E-state index contributed by atoms with van der Waals surface area (Å²) in [6.07, 6.45) is 0. The van der Waals surface area contributed by atoms with E-state index >= 15 is 0 Å². The van der Waals surface area contributed by atoms with E-state index < -0.39 is 0 Å². The van der Waals surface area contributed by atoms with Crippen LogP contribution in [-0.4, -0.2) is 38.1 Å². The first-order valence-corrected chi connectivity index (χ1v) is 4.83. The fourth-order valence-electron chi connectivity index (χ4n) is 1.45. The van der Waals surface area contributed by atoms with Gasteiger partial charge in [-0.1, -0.05) is 13.8 Å². The van der Waals surface area contributed by atoms with E-state index in [-0.39, 0.29) is 12.1 Å². The highest BCUT2D eigenvalue weighted by atomic mass is 16.5. The highest BCUT2D eigenvalue weighted by molar-refractivity contribution is 5.93. The lowest BCUT2D eigenvalue weighted by molar-refractivity contribution is 0.335. The highest BCUT2D eigenvalue weighted by Gasteiger charge is 2.28. The second-order valence-electron chi connectivity index (χ2n) is 3.71. The number of methoxy groups -OCH3 is 2. The van der Waals surface area contributed by atoms with Gasteiger partial charge in [0.15, 0.2) is 0 Å². The summed E-state index contributed by atoms with van der Waals surface area (Å²) >= 11 is 0. The summed E-state index contributed by atoms with van der Waals surface area (Å²) in [4.78, 5) is 8.87. The molecular formula is C10H18N2O2. The van der Waals surface area contributed by atoms with Gasteiger partial charge in [-0.3, -0.25) is 0 Å². The lowest BCUT2D eigenvalue weighted by Crippen LogP contribution is -2.36. The van der Waals surface area contributed by atoms with Crippen LogP contribution < -0.4 is 0 Å². The Morgan fingerprint density at radius 3 is 2.07 bits per heavy atom. The molecule has 0 fully saturated rings. The van der Waals surface area contributed by atoms with Crippen molar-refractivity contribution in [3.8, 4) is 0 Å². The number of aliphatic imine (C=N–C) groups is 2. The van der Waals surface area contributed by atoms with Gasteiger partial charge in [-0.25, -0.2) is 9.98 Å². The van der Waals surface area contributed by atoms with Crippen molar-refractivity contribution >= 4 is 11.8 Å². The van der Waals surface area contributed by atoms with Gasteiger partial charge in [-0.05, 0) is 12.8 Å². The van der Waals surface area contributed by atoms with Gasteiger partial charge in [0, 0.05) is 0 Å². The summed E-state index contributed by atoms with van der Waals surface area (Å²) in [5, 5.41) is 0. The molecule has 80 valence electrons. The molecule has 1 aliphatic rings. The SMILES string of the molecule is COC1=N[C@H](C(C)C)C(OC)=NC1C.